The summed E-state index contributed by atoms with van der Waals surface area (Å²) < 4.78 is 5.90. The lowest BCUT2D eigenvalue weighted by Gasteiger charge is -2.31. The highest BCUT2D eigenvalue weighted by atomic mass is 32.1. The lowest BCUT2D eigenvalue weighted by atomic mass is 9.92. The summed E-state index contributed by atoms with van der Waals surface area (Å²) in [6, 6.07) is 5.94. The van der Waals surface area contributed by atoms with Gasteiger partial charge in [0, 0.05) is 30.1 Å². The molecule has 1 saturated heterocycles. The summed E-state index contributed by atoms with van der Waals surface area (Å²) >= 11 is 1.60. The SMILES string of the molecule is CC(C)Cc1ccc(C(=O)NC[C@@H]2CCCO[C@H]2c2ccn[nH]2)s1. The first-order valence-electron chi connectivity index (χ1n) is 8.61. The number of aromatic amines is 1. The number of aromatic nitrogens is 2. The maximum absolute atomic E-state index is 12.4. The molecule has 1 aliphatic rings. The molecular weight excluding hydrogens is 322 g/mol. The number of hydrogen-bond acceptors (Lipinski definition) is 4. The first kappa shape index (κ1) is 17.2. The Morgan fingerprint density at radius 2 is 2.33 bits per heavy atom. The number of carbonyl (C=O) groups excluding carboxylic acids is 1. The molecule has 5 nitrogen and oxygen atoms in total. The maximum atomic E-state index is 12.4. The van der Waals surface area contributed by atoms with Gasteiger partial charge in [-0.25, -0.2) is 0 Å². The zero-order valence-corrected chi connectivity index (χ0v) is 15.1. The van der Waals surface area contributed by atoms with E-state index in [2.05, 4.69) is 35.4 Å². The molecule has 0 bridgehead atoms. The lowest BCUT2D eigenvalue weighted by molar-refractivity contribution is -0.0297. The second-order valence-corrected chi connectivity index (χ2v) is 7.95. The zero-order valence-electron chi connectivity index (χ0n) is 14.2. The summed E-state index contributed by atoms with van der Waals surface area (Å²) in [5.41, 5.74) is 0.990. The summed E-state index contributed by atoms with van der Waals surface area (Å²) in [5.74, 6) is 0.899. The Hall–Kier alpha value is -1.66. The molecule has 2 aromatic rings. The normalized spacial score (nSPS) is 21.1. The van der Waals surface area contributed by atoms with Crippen molar-refractivity contribution in [3.63, 3.8) is 0 Å². The van der Waals surface area contributed by atoms with Crippen molar-refractivity contribution in [3.8, 4) is 0 Å². The number of rotatable bonds is 6. The minimum absolute atomic E-state index is 0.0126. The van der Waals surface area contributed by atoms with Crippen LogP contribution in [0.15, 0.2) is 24.4 Å². The smallest absolute Gasteiger partial charge is 0.261 e. The molecule has 1 amide bonds. The number of nitrogens with zero attached hydrogens (tertiary/aromatic N) is 1. The van der Waals surface area contributed by atoms with Crippen LogP contribution in [0.3, 0.4) is 0 Å². The Morgan fingerprint density at radius 3 is 3.08 bits per heavy atom. The highest BCUT2D eigenvalue weighted by Gasteiger charge is 2.29. The van der Waals surface area contributed by atoms with Gasteiger partial charge < -0.3 is 10.1 Å². The van der Waals surface area contributed by atoms with E-state index in [1.165, 1.54) is 4.88 Å². The first-order chi connectivity index (χ1) is 11.6. The molecule has 3 rings (SSSR count). The van der Waals surface area contributed by atoms with Crippen molar-refractivity contribution in [1.82, 2.24) is 15.5 Å². The third-order valence-electron chi connectivity index (χ3n) is 4.29. The standard InChI is InChI=1S/C18H25N3O2S/c1-12(2)10-14-5-6-16(24-14)18(22)19-11-13-4-3-9-23-17(13)15-7-8-20-21-15/h5-8,12-13,17H,3-4,9-11H2,1-2H3,(H,19,22)(H,20,21)/t13-,17+/m0/s1. The van der Waals surface area contributed by atoms with Gasteiger partial charge >= 0.3 is 0 Å². The zero-order chi connectivity index (χ0) is 16.9. The first-order valence-corrected chi connectivity index (χ1v) is 9.43. The van der Waals surface area contributed by atoms with E-state index in [9.17, 15) is 4.79 Å². The molecule has 2 atom stereocenters. The molecule has 0 aromatic carbocycles. The molecule has 0 radical (unpaired) electrons. The van der Waals surface area contributed by atoms with Gasteiger partial charge in [0.2, 0.25) is 0 Å². The summed E-state index contributed by atoms with van der Waals surface area (Å²) in [4.78, 5) is 14.5. The Balaban J connectivity index is 1.57. The Labute approximate surface area is 146 Å². The van der Waals surface area contributed by atoms with Crippen molar-refractivity contribution >= 4 is 17.2 Å². The molecular formula is C18H25N3O2S. The summed E-state index contributed by atoms with van der Waals surface area (Å²) in [7, 11) is 0. The topological polar surface area (TPSA) is 67.0 Å². The van der Waals surface area contributed by atoms with Crippen molar-refractivity contribution in [2.24, 2.45) is 11.8 Å². The van der Waals surface area contributed by atoms with E-state index >= 15 is 0 Å². The van der Waals surface area contributed by atoms with Crippen molar-refractivity contribution in [3.05, 3.63) is 39.8 Å². The van der Waals surface area contributed by atoms with Gasteiger partial charge in [-0.2, -0.15) is 5.10 Å². The van der Waals surface area contributed by atoms with E-state index in [0.717, 1.165) is 36.4 Å². The number of amides is 1. The van der Waals surface area contributed by atoms with Crippen molar-refractivity contribution in [1.29, 1.82) is 0 Å². The Kier molecular flexibility index (Phi) is 5.68. The van der Waals surface area contributed by atoms with E-state index in [0.29, 0.717) is 12.5 Å². The third kappa shape index (κ3) is 4.24. The van der Waals surface area contributed by atoms with Crippen LogP contribution in [-0.4, -0.2) is 29.3 Å². The van der Waals surface area contributed by atoms with Gasteiger partial charge in [0.05, 0.1) is 10.6 Å². The minimum Gasteiger partial charge on any atom is -0.372 e. The van der Waals surface area contributed by atoms with Crippen LogP contribution in [0, 0.1) is 11.8 Å². The van der Waals surface area contributed by atoms with E-state index in [4.69, 9.17) is 4.74 Å². The predicted molar refractivity (Wildman–Crippen MR) is 95.2 cm³/mol. The fourth-order valence-electron chi connectivity index (χ4n) is 3.14. The lowest BCUT2D eigenvalue weighted by Crippen LogP contribution is -2.35. The number of nitrogens with one attached hydrogen (secondary N) is 2. The molecule has 1 fully saturated rings. The molecule has 2 N–H and O–H groups in total. The van der Waals surface area contributed by atoms with E-state index < -0.39 is 0 Å². The second-order valence-electron chi connectivity index (χ2n) is 6.78. The van der Waals surface area contributed by atoms with Crippen LogP contribution in [0.25, 0.3) is 0 Å². The van der Waals surface area contributed by atoms with Crippen LogP contribution in [0.2, 0.25) is 0 Å². The molecule has 0 aliphatic carbocycles. The molecule has 24 heavy (non-hydrogen) atoms. The highest BCUT2D eigenvalue weighted by molar-refractivity contribution is 7.14. The van der Waals surface area contributed by atoms with Crippen molar-refractivity contribution in [2.75, 3.05) is 13.2 Å². The van der Waals surface area contributed by atoms with Gasteiger partial charge in [0.1, 0.15) is 6.10 Å². The van der Waals surface area contributed by atoms with Gasteiger partial charge in [-0.1, -0.05) is 13.8 Å². The van der Waals surface area contributed by atoms with E-state index in [1.807, 2.05) is 12.1 Å². The largest absolute Gasteiger partial charge is 0.372 e. The van der Waals surface area contributed by atoms with Crippen LogP contribution >= 0.6 is 11.3 Å². The average Bonchev–Trinajstić information content (AvgIpc) is 3.24. The second kappa shape index (κ2) is 7.94. The van der Waals surface area contributed by atoms with Crippen LogP contribution in [0.1, 0.15) is 53.0 Å². The van der Waals surface area contributed by atoms with Crippen molar-refractivity contribution in [2.45, 2.75) is 39.2 Å². The quantitative estimate of drug-likeness (QED) is 0.839. The number of ether oxygens (including phenoxy) is 1. The minimum atomic E-state index is -0.0126. The highest BCUT2D eigenvalue weighted by Crippen LogP contribution is 2.32. The molecule has 1 aliphatic heterocycles. The Morgan fingerprint density at radius 1 is 1.46 bits per heavy atom. The summed E-state index contributed by atoms with van der Waals surface area (Å²) in [5, 5.41) is 10.1. The number of H-pyrrole nitrogens is 1. The van der Waals surface area contributed by atoms with Crippen molar-refractivity contribution < 1.29 is 9.53 Å². The molecule has 0 saturated carbocycles. The van der Waals surface area contributed by atoms with E-state index in [1.54, 1.807) is 17.5 Å². The van der Waals surface area contributed by atoms with Gasteiger partial charge in [-0.05, 0) is 43.4 Å². The maximum Gasteiger partial charge on any atom is 0.261 e. The summed E-state index contributed by atoms with van der Waals surface area (Å²) in [6.07, 6.45) is 4.83. The van der Waals surface area contributed by atoms with Crippen LogP contribution < -0.4 is 5.32 Å². The summed E-state index contributed by atoms with van der Waals surface area (Å²) in [6.45, 7) is 5.77. The number of hydrogen-bond donors (Lipinski definition) is 2. The van der Waals surface area contributed by atoms with E-state index in [-0.39, 0.29) is 17.9 Å². The van der Waals surface area contributed by atoms with Gasteiger partial charge in [-0.3, -0.25) is 9.89 Å². The molecule has 6 heteroatoms. The van der Waals surface area contributed by atoms with Crippen LogP contribution in [-0.2, 0) is 11.2 Å². The van der Waals surface area contributed by atoms with Gasteiger partial charge in [0.15, 0.2) is 0 Å². The molecule has 130 valence electrons. The predicted octanol–water partition coefficient (Wildman–Crippen LogP) is 3.57. The molecule has 0 spiro atoms. The monoisotopic (exact) mass is 347 g/mol. The van der Waals surface area contributed by atoms with Crippen LogP contribution in [0.5, 0.6) is 0 Å². The number of thiophene rings is 1. The molecule has 0 unspecified atom stereocenters. The molecule has 3 heterocycles. The third-order valence-corrected chi connectivity index (χ3v) is 5.40. The number of carbonyl (C=O) groups is 1. The van der Waals surface area contributed by atoms with Gasteiger partial charge in [-0.15, -0.1) is 11.3 Å². The fraction of sp³-hybridized carbons (Fsp3) is 0.556. The van der Waals surface area contributed by atoms with Crippen LogP contribution in [0.4, 0.5) is 0 Å². The van der Waals surface area contributed by atoms with Gasteiger partial charge in [0.25, 0.3) is 5.91 Å². The average molecular weight is 347 g/mol. The molecule has 2 aromatic heterocycles. The Bertz CT molecular complexity index is 651. The fourth-order valence-corrected chi connectivity index (χ4v) is 4.28.